The molecule has 0 aliphatic heterocycles. The minimum absolute atomic E-state index is 0.225. The minimum atomic E-state index is -0.511. The molecule has 1 aliphatic rings. The van der Waals surface area contributed by atoms with Gasteiger partial charge in [-0.1, -0.05) is 97.1 Å². The summed E-state index contributed by atoms with van der Waals surface area (Å²) < 4.78 is 6.16. The first-order chi connectivity index (χ1) is 21.1. The van der Waals surface area contributed by atoms with Crippen LogP contribution in [0.2, 0.25) is 0 Å². The van der Waals surface area contributed by atoms with E-state index in [0.29, 0.717) is 29.9 Å². The second-order valence-electron chi connectivity index (χ2n) is 10.4. The number of hydrogen-bond donors (Lipinski definition) is 2. The fourth-order valence-electron chi connectivity index (χ4n) is 5.55. The number of carbonyl (C=O) groups excluding carboxylic acids is 2. The van der Waals surface area contributed by atoms with Gasteiger partial charge in [-0.3, -0.25) is 20.0 Å². The maximum atomic E-state index is 13.7. The summed E-state index contributed by atoms with van der Waals surface area (Å²) in [6.07, 6.45) is 2.15. The number of fused-ring (bicyclic) bond motifs is 1. The number of amides is 2. The van der Waals surface area contributed by atoms with E-state index in [0.717, 1.165) is 34.5 Å². The van der Waals surface area contributed by atoms with Crippen molar-refractivity contribution in [2.45, 2.75) is 32.1 Å². The average molecular weight is 569 g/mol. The zero-order valence-electron chi connectivity index (χ0n) is 23.9. The highest BCUT2D eigenvalue weighted by Crippen LogP contribution is 2.31. The Morgan fingerprint density at radius 2 is 1.26 bits per heavy atom. The quantitative estimate of drug-likeness (QED) is 0.196. The van der Waals surface area contributed by atoms with Gasteiger partial charge in [-0.2, -0.15) is 5.10 Å². The van der Waals surface area contributed by atoms with Crippen LogP contribution in [0.3, 0.4) is 0 Å². The number of rotatable bonds is 8. The van der Waals surface area contributed by atoms with Crippen molar-refractivity contribution >= 4 is 28.9 Å². The largest absolute Gasteiger partial charge is 0.455 e. The molecule has 0 fully saturated rings. The molecule has 7 nitrogen and oxygen atoms in total. The molecule has 1 aliphatic carbocycles. The van der Waals surface area contributed by atoms with Crippen LogP contribution in [0, 0.1) is 6.92 Å². The van der Waals surface area contributed by atoms with Crippen molar-refractivity contribution in [2.24, 2.45) is 5.10 Å². The van der Waals surface area contributed by atoms with Crippen molar-refractivity contribution in [1.29, 1.82) is 0 Å². The molecule has 2 amide bonds. The Labute approximate surface area is 250 Å². The van der Waals surface area contributed by atoms with Gasteiger partial charge < -0.3 is 4.42 Å². The number of nitrogens with one attached hydrogen (secondary N) is 2. The normalized spacial score (nSPS) is 13.4. The smallest absolute Gasteiger partial charge is 0.306 e. The van der Waals surface area contributed by atoms with Gasteiger partial charge in [0.1, 0.15) is 5.76 Å². The number of benzene rings is 4. The summed E-state index contributed by atoms with van der Waals surface area (Å²) in [5.41, 5.74) is 11.4. The number of hydrogen-bond acceptors (Lipinski definition) is 5. The van der Waals surface area contributed by atoms with E-state index in [2.05, 4.69) is 16.0 Å². The molecule has 5 aromatic rings. The number of aryl methyl sites for hydroxylation is 1. The Hall–Kier alpha value is -5.43. The number of hydrazone groups is 1. The van der Waals surface area contributed by atoms with E-state index in [4.69, 9.17) is 4.42 Å². The third-order valence-electron chi connectivity index (χ3n) is 7.60. The van der Waals surface area contributed by atoms with E-state index in [9.17, 15) is 9.59 Å². The Morgan fingerprint density at radius 3 is 1.79 bits per heavy atom. The van der Waals surface area contributed by atoms with Crippen molar-refractivity contribution in [3.8, 4) is 0 Å². The fourth-order valence-corrected chi connectivity index (χ4v) is 5.55. The molecule has 43 heavy (non-hydrogen) atoms. The van der Waals surface area contributed by atoms with Crippen LogP contribution >= 0.6 is 0 Å². The molecule has 2 N–H and O–H groups in total. The predicted octanol–water partition coefficient (Wildman–Crippen LogP) is 7.06. The summed E-state index contributed by atoms with van der Waals surface area (Å²) in [5.74, 6) is -0.165. The monoisotopic (exact) mass is 568 g/mol. The molecular weight excluding hydrogens is 536 g/mol. The molecule has 0 radical (unpaired) electrons. The molecule has 0 bridgehead atoms. The number of furan rings is 1. The fraction of sp³-hybridized carbons (Fsp3) is 0.139. The molecule has 7 heteroatoms. The number of hydrazine groups is 1. The van der Waals surface area contributed by atoms with Crippen LogP contribution in [0.25, 0.3) is 0 Å². The zero-order chi connectivity index (χ0) is 29.6. The summed E-state index contributed by atoms with van der Waals surface area (Å²) >= 11 is 0. The molecular formula is C36H32N4O3. The molecule has 0 saturated carbocycles. The van der Waals surface area contributed by atoms with Gasteiger partial charge in [-0.05, 0) is 55.2 Å². The lowest BCUT2D eigenvalue weighted by Crippen LogP contribution is -2.39. The first-order valence-electron chi connectivity index (χ1n) is 14.4. The standard InChI is InChI=1S/C36H32N4O3/c1-25-32-30(37-38-35(41)33(26-15-6-2-7-16-26)27-17-8-3-9-18-27)23-14-24-31(32)43-34(25)36(42)39-40(28-19-10-4-11-20-28)29-21-12-5-13-22-29/h2-13,15-22,33H,14,23-24H2,1H3,(H,38,41)(H,39,42)/b37-30+. The summed E-state index contributed by atoms with van der Waals surface area (Å²) in [7, 11) is 0. The second kappa shape index (κ2) is 12.6. The molecule has 4 aromatic carbocycles. The summed E-state index contributed by atoms with van der Waals surface area (Å²) in [6, 6.07) is 38.6. The van der Waals surface area contributed by atoms with Gasteiger partial charge in [0.25, 0.3) is 5.91 Å². The van der Waals surface area contributed by atoms with Crippen molar-refractivity contribution in [3.05, 3.63) is 155 Å². The summed E-state index contributed by atoms with van der Waals surface area (Å²) in [5, 5.41) is 6.34. The summed E-state index contributed by atoms with van der Waals surface area (Å²) in [6.45, 7) is 1.87. The average Bonchev–Trinajstić information content (AvgIpc) is 3.41. The van der Waals surface area contributed by atoms with Gasteiger partial charge in [-0.15, -0.1) is 0 Å². The Bertz CT molecular complexity index is 1650. The minimum Gasteiger partial charge on any atom is -0.455 e. The van der Waals surface area contributed by atoms with Crippen LogP contribution in [-0.2, 0) is 11.2 Å². The summed E-state index contributed by atoms with van der Waals surface area (Å²) in [4.78, 5) is 27.2. The molecule has 214 valence electrons. The molecule has 0 spiro atoms. The lowest BCUT2D eigenvalue weighted by molar-refractivity contribution is -0.121. The molecule has 0 atom stereocenters. The Kier molecular flexibility index (Phi) is 8.13. The van der Waals surface area contributed by atoms with E-state index >= 15 is 0 Å². The molecule has 0 unspecified atom stereocenters. The van der Waals surface area contributed by atoms with Crippen molar-refractivity contribution in [2.75, 3.05) is 5.01 Å². The molecule has 6 rings (SSSR count). The number of carbonyl (C=O) groups is 2. The van der Waals surface area contributed by atoms with Gasteiger partial charge >= 0.3 is 5.91 Å². The molecule has 1 heterocycles. The SMILES string of the molecule is Cc1c(C(=O)NN(c2ccccc2)c2ccccc2)oc2c1/C(=N/NC(=O)C(c1ccccc1)c1ccccc1)CCC2. The molecule has 0 saturated heterocycles. The van der Waals surface area contributed by atoms with Gasteiger partial charge in [0.05, 0.1) is 23.0 Å². The topological polar surface area (TPSA) is 86.9 Å². The first kappa shape index (κ1) is 27.7. The second-order valence-corrected chi connectivity index (χ2v) is 10.4. The first-order valence-corrected chi connectivity index (χ1v) is 14.4. The molecule has 1 aromatic heterocycles. The van der Waals surface area contributed by atoms with Gasteiger partial charge in [0, 0.05) is 17.5 Å². The van der Waals surface area contributed by atoms with Crippen molar-refractivity contribution in [3.63, 3.8) is 0 Å². The van der Waals surface area contributed by atoms with E-state index in [-0.39, 0.29) is 17.6 Å². The van der Waals surface area contributed by atoms with Gasteiger partial charge in [-0.25, -0.2) is 5.43 Å². The van der Waals surface area contributed by atoms with Gasteiger partial charge in [0.2, 0.25) is 0 Å². The lowest BCUT2D eigenvalue weighted by Gasteiger charge is -2.25. The maximum absolute atomic E-state index is 13.7. The van der Waals surface area contributed by atoms with Crippen LogP contribution in [0.4, 0.5) is 11.4 Å². The third-order valence-corrected chi connectivity index (χ3v) is 7.60. The van der Waals surface area contributed by atoms with Crippen LogP contribution in [0.15, 0.2) is 131 Å². The van der Waals surface area contributed by atoms with E-state index in [1.165, 1.54) is 0 Å². The zero-order valence-corrected chi connectivity index (χ0v) is 23.9. The Morgan fingerprint density at radius 1 is 0.744 bits per heavy atom. The third kappa shape index (κ3) is 5.97. The Balaban J connectivity index is 1.27. The predicted molar refractivity (Wildman–Crippen MR) is 168 cm³/mol. The van der Waals surface area contributed by atoms with Crippen molar-refractivity contribution < 1.29 is 14.0 Å². The highest BCUT2D eigenvalue weighted by molar-refractivity contribution is 6.07. The highest BCUT2D eigenvalue weighted by Gasteiger charge is 2.30. The van der Waals surface area contributed by atoms with E-state index in [1.807, 2.05) is 128 Å². The maximum Gasteiger partial charge on any atom is 0.306 e. The number of nitrogens with zero attached hydrogens (tertiary/aromatic N) is 2. The number of anilines is 2. The highest BCUT2D eigenvalue weighted by atomic mass is 16.4. The lowest BCUT2D eigenvalue weighted by atomic mass is 9.90. The van der Waals surface area contributed by atoms with E-state index in [1.54, 1.807) is 5.01 Å². The van der Waals surface area contributed by atoms with Crippen molar-refractivity contribution in [1.82, 2.24) is 10.9 Å². The van der Waals surface area contributed by atoms with E-state index < -0.39 is 5.92 Å². The van der Waals surface area contributed by atoms with Crippen LogP contribution in [-0.4, -0.2) is 17.5 Å². The van der Waals surface area contributed by atoms with Gasteiger partial charge in [0.15, 0.2) is 5.76 Å². The number of para-hydroxylation sites is 2. The van der Waals surface area contributed by atoms with Crippen LogP contribution in [0.1, 0.15) is 57.3 Å². The van der Waals surface area contributed by atoms with Crippen LogP contribution in [0.5, 0.6) is 0 Å². The van der Waals surface area contributed by atoms with Crippen LogP contribution < -0.4 is 15.9 Å².